The molecule has 1 aromatic carbocycles. The van der Waals surface area contributed by atoms with E-state index < -0.39 is 0 Å². The molecule has 1 rings (SSSR count). The number of ether oxygens (including phenoxy) is 1. The number of halogens is 1. The molecule has 1 aromatic rings. The first kappa shape index (κ1) is 14.9. The van der Waals surface area contributed by atoms with Crippen LogP contribution >= 0.6 is 15.9 Å². The number of rotatable bonds is 6. The molecule has 0 aliphatic carbocycles. The molecule has 0 saturated carbocycles. The number of carbonyl (C=O) groups excluding carboxylic acids is 2. The number of benzene rings is 1. The lowest BCUT2D eigenvalue weighted by Gasteiger charge is -2.09. The third-order valence-electron chi connectivity index (χ3n) is 2.52. The molecular formula is C14H17BrO3. The zero-order valence-corrected chi connectivity index (χ0v) is 12.2. The van der Waals surface area contributed by atoms with Gasteiger partial charge in [-0.1, -0.05) is 39.7 Å². The number of alkyl halides is 1. The summed E-state index contributed by atoms with van der Waals surface area (Å²) in [7, 11) is 0. The van der Waals surface area contributed by atoms with Crippen molar-refractivity contribution in [3.8, 4) is 0 Å². The van der Waals surface area contributed by atoms with E-state index in [0.29, 0.717) is 23.9 Å². The normalized spacial score (nSPS) is 10.2. The number of hydrogen-bond donors (Lipinski definition) is 0. The highest BCUT2D eigenvalue weighted by atomic mass is 79.9. The lowest BCUT2D eigenvalue weighted by molar-refractivity contribution is -0.142. The predicted molar refractivity (Wildman–Crippen MR) is 74.3 cm³/mol. The molecule has 4 heteroatoms. The van der Waals surface area contributed by atoms with Gasteiger partial charge in [-0.25, -0.2) is 0 Å². The Morgan fingerprint density at radius 1 is 1.33 bits per heavy atom. The summed E-state index contributed by atoms with van der Waals surface area (Å²) in [5.41, 5.74) is 2.40. The minimum Gasteiger partial charge on any atom is -0.466 e. The van der Waals surface area contributed by atoms with Crippen LogP contribution in [0.15, 0.2) is 18.2 Å². The van der Waals surface area contributed by atoms with Crippen molar-refractivity contribution < 1.29 is 14.3 Å². The van der Waals surface area contributed by atoms with Crippen molar-refractivity contribution in [3.05, 3.63) is 34.9 Å². The maximum atomic E-state index is 11.9. The van der Waals surface area contributed by atoms with Crippen LogP contribution in [-0.2, 0) is 16.0 Å². The average molecular weight is 313 g/mol. The van der Waals surface area contributed by atoms with E-state index >= 15 is 0 Å². The molecule has 0 N–H and O–H groups in total. The number of ketones is 1. The molecule has 0 saturated heterocycles. The van der Waals surface area contributed by atoms with E-state index in [4.69, 9.17) is 4.74 Å². The Morgan fingerprint density at radius 2 is 2.06 bits per heavy atom. The maximum absolute atomic E-state index is 11.9. The first-order valence-corrected chi connectivity index (χ1v) is 7.05. The number of aryl methyl sites for hydroxylation is 1. The summed E-state index contributed by atoms with van der Waals surface area (Å²) in [5.74, 6) is -0.248. The third kappa shape index (κ3) is 4.26. The topological polar surface area (TPSA) is 43.4 Å². The minimum atomic E-state index is -0.295. The highest BCUT2D eigenvalue weighted by Gasteiger charge is 2.14. The van der Waals surface area contributed by atoms with Crippen molar-refractivity contribution in [2.24, 2.45) is 0 Å². The molecule has 98 valence electrons. The smallest absolute Gasteiger partial charge is 0.310 e. The molecule has 0 aromatic heterocycles. The molecule has 0 bridgehead atoms. The van der Waals surface area contributed by atoms with Crippen LogP contribution in [0.3, 0.4) is 0 Å². The molecule has 18 heavy (non-hydrogen) atoms. The quantitative estimate of drug-likeness (QED) is 0.460. The molecule has 0 atom stereocenters. The van der Waals surface area contributed by atoms with Crippen LogP contribution < -0.4 is 0 Å². The van der Waals surface area contributed by atoms with Gasteiger partial charge in [-0.2, -0.15) is 0 Å². The van der Waals surface area contributed by atoms with Crippen LogP contribution in [0.5, 0.6) is 0 Å². The standard InChI is InChI=1S/C14H17BrO3/c1-3-18-14(17)9-11-8-10(2)4-5-12(11)13(16)6-7-15/h4-5,8H,3,6-7,9H2,1-2H3. The molecular weight excluding hydrogens is 296 g/mol. The Labute approximate surface area is 116 Å². The Balaban J connectivity index is 2.96. The number of hydrogen-bond acceptors (Lipinski definition) is 3. The highest BCUT2D eigenvalue weighted by molar-refractivity contribution is 9.09. The molecule has 0 fully saturated rings. The van der Waals surface area contributed by atoms with Gasteiger partial charge in [0, 0.05) is 17.3 Å². The van der Waals surface area contributed by atoms with E-state index in [9.17, 15) is 9.59 Å². The zero-order chi connectivity index (χ0) is 13.5. The van der Waals surface area contributed by atoms with Crippen LogP contribution in [0.4, 0.5) is 0 Å². The van der Waals surface area contributed by atoms with E-state index in [2.05, 4.69) is 15.9 Å². The van der Waals surface area contributed by atoms with Gasteiger partial charge in [0.2, 0.25) is 0 Å². The van der Waals surface area contributed by atoms with E-state index in [1.54, 1.807) is 13.0 Å². The fourth-order valence-corrected chi connectivity index (χ4v) is 2.09. The fourth-order valence-electron chi connectivity index (χ4n) is 1.73. The van der Waals surface area contributed by atoms with E-state index in [1.165, 1.54) is 0 Å². The largest absolute Gasteiger partial charge is 0.466 e. The Kier molecular flexibility index (Phi) is 6.05. The maximum Gasteiger partial charge on any atom is 0.310 e. The summed E-state index contributed by atoms with van der Waals surface area (Å²) in [4.78, 5) is 23.4. The molecule has 0 heterocycles. The Morgan fingerprint density at radius 3 is 2.67 bits per heavy atom. The van der Waals surface area contributed by atoms with Gasteiger partial charge in [-0.05, 0) is 19.4 Å². The summed E-state index contributed by atoms with van der Waals surface area (Å²) in [6.07, 6.45) is 0.581. The highest BCUT2D eigenvalue weighted by Crippen LogP contribution is 2.16. The van der Waals surface area contributed by atoms with Crippen molar-refractivity contribution in [1.82, 2.24) is 0 Å². The first-order chi connectivity index (χ1) is 8.58. The van der Waals surface area contributed by atoms with Gasteiger partial charge in [0.1, 0.15) is 0 Å². The zero-order valence-electron chi connectivity index (χ0n) is 10.7. The van der Waals surface area contributed by atoms with Crippen LogP contribution in [-0.4, -0.2) is 23.7 Å². The number of carbonyl (C=O) groups is 2. The predicted octanol–water partition coefficient (Wildman–Crippen LogP) is 3.07. The minimum absolute atomic E-state index is 0.0474. The second-order valence-corrected chi connectivity index (χ2v) is 4.80. The van der Waals surface area contributed by atoms with Gasteiger partial charge in [0.25, 0.3) is 0 Å². The summed E-state index contributed by atoms with van der Waals surface area (Å²) in [5, 5.41) is 0.624. The second kappa shape index (κ2) is 7.31. The van der Waals surface area contributed by atoms with Crippen LogP contribution in [0.1, 0.15) is 34.8 Å². The fraction of sp³-hybridized carbons (Fsp3) is 0.429. The van der Waals surface area contributed by atoms with Crippen molar-refractivity contribution in [2.45, 2.75) is 26.7 Å². The monoisotopic (exact) mass is 312 g/mol. The van der Waals surface area contributed by atoms with Gasteiger partial charge in [-0.15, -0.1) is 0 Å². The van der Waals surface area contributed by atoms with Crippen molar-refractivity contribution in [3.63, 3.8) is 0 Å². The summed E-state index contributed by atoms with van der Waals surface area (Å²) >= 11 is 3.25. The van der Waals surface area contributed by atoms with Gasteiger partial charge >= 0.3 is 5.97 Å². The van der Waals surface area contributed by atoms with Crippen LogP contribution in [0, 0.1) is 6.92 Å². The van der Waals surface area contributed by atoms with Crippen molar-refractivity contribution in [1.29, 1.82) is 0 Å². The molecule has 0 aliphatic rings. The van der Waals surface area contributed by atoms with Crippen LogP contribution in [0.25, 0.3) is 0 Å². The summed E-state index contributed by atoms with van der Waals surface area (Å²) < 4.78 is 4.92. The van der Waals surface area contributed by atoms with E-state index in [1.807, 2.05) is 19.1 Å². The summed E-state index contributed by atoms with van der Waals surface area (Å²) in [6, 6.07) is 5.55. The molecule has 3 nitrogen and oxygen atoms in total. The molecule has 0 amide bonds. The van der Waals surface area contributed by atoms with Gasteiger partial charge in [0.15, 0.2) is 5.78 Å². The molecule has 0 spiro atoms. The third-order valence-corrected chi connectivity index (χ3v) is 2.92. The second-order valence-electron chi connectivity index (χ2n) is 4.00. The number of esters is 1. The molecule has 0 unspecified atom stereocenters. The van der Waals surface area contributed by atoms with E-state index in [0.717, 1.165) is 11.1 Å². The van der Waals surface area contributed by atoms with Crippen molar-refractivity contribution in [2.75, 3.05) is 11.9 Å². The van der Waals surface area contributed by atoms with Gasteiger partial charge < -0.3 is 4.74 Å². The van der Waals surface area contributed by atoms with Crippen LogP contribution in [0.2, 0.25) is 0 Å². The lowest BCUT2D eigenvalue weighted by Crippen LogP contribution is -2.12. The lowest BCUT2D eigenvalue weighted by atomic mass is 9.97. The number of Topliss-reactive ketones (excluding diaryl/α,β-unsaturated/α-hetero) is 1. The Bertz CT molecular complexity index is 441. The Hall–Kier alpha value is -1.16. The molecule has 0 radical (unpaired) electrons. The summed E-state index contributed by atoms with van der Waals surface area (Å²) in [6.45, 7) is 4.06. The average Bonchev–Trinajstić information content (AvgIpc) is 2.29. The molecule has 0 aliphatic heterocycles. The van der Waals surface area contributed by atoms with E-state index in [-0.39, 0.29) is 18.2 Å². The van der Waals surface area contributed by atoms with Gasteiger partial charge in [0.05, 0.1) is 13.0 Å². The van der Waals surface area contributed by atoms with Gasteiger partial charge in [-0.3, -0.25) is 9.59 Å². The van der Waals surface area contributed by atoms with Crippen molar-refractivity contribution >= 4 is 27.7 Å². The SMILES string of the molecule is CCOC(=O)Cc1cc(C)ccc1C(=O)CCBr. The first-order valence-electron chi connectivity index (χ1n) is 5.92.